The van der Waals surface area contributed by atoms with Crippen LogP contribution in [-0.4, -0.2) is 43.0 Å². The van der Waals surface area contributed by atoms with Gasteiger partial charge < -0.3 is 9.47 Å². The van der Waals surface area contributed by atoms with Crippen LogP contribution in [0.25, 0.3) is 38.8 Å². The lowest BCUT2D eigenvalue weighted by molar-refractivity contribution is 0.406. The smallest absolute Gasteiger partial charge is 0.333 e. The predicted octanol–water partition coefficient (Wildman–Crippen LogP) is 3.14. The monoisotopic (exact) mass is 454 g/mol. The van der Waals surface area contributed by atoms with Crippen molar-refractivity contribution < 1.29 is 22.1 Å². The highest BCUT2D eigenvalue weighted by atomic mass is 19.1. The van der Waals surface area contributed by atoms with Gasteiger partial charge in [-0.1, -0.05) is 0 Å². The molecule has 0 aliphatic carbocycles. The molecule has 33 heavy (non-hydrogen) atoms. The molecule has 0 atom stereocenters. The van der Waals surface area contributed by atoms with Gasteiger partial charge in [-0.2, -0.15) is 5.10 Å². The molecule has 0 saturated carbocycles. The molecule has 0 aliphatic rings. The van der Waals surface area contributed by atoms with E-state index in [-0.39, 0.29) is 5.52 Å². The molecule has 0 unspecified atom stereocenters. The first kappa shape index (κ1) is 14.8. The van der Waals surface area contributed by atoms with Crippen molar-refractivity contribution >= 4 is 21.9 Å². The highest BCUT2D eigenvalue weighted by Gasteiger charge is 2.23. The second-order valence-corrected chi connectivity index (χ2v) is 7.38. The number of imidazole rings is 1. The number of rotatable bonds is 4. The maximum absolute atomic E-state index is 15.3. The van der Waals surface area contributed by atoms with Gasteiger partial charge in [-0.25, -0.2) is 9.18 Å². The molecule has 4 aromatic heterocycles. The normalized spacial score (nSPS) is 14.9. The number of aromatic nitrogens is 6. The fraction of sp³-hybridized carbons (Fsp3) is 0.217. The third kappa shape index (κ3) is 2.98. The molecule has 168 valence electrons. The molecule has 0 N–H and O–H groups in total. The van der Waals surface area contributed by atoms with Gasteiger partial charge in [-0.15, -0.1) is 0 Å². The number of methoxy groups -OCH3 is 2. The number of pyridine rings is 2. The standard InChI is InChI=1S/C23H21FN6O3/c1-12-15(11-28(2)27-12)13-6-14-17(7-19(13)32-4)26-9-18-21(14)30(23(31)29(18)3)22-16(24)8-25-10-20(22)33-5/h6-11H,1-5H3/i2D3,5D3. The first-order valence-corrected chi connectivity index (χ1v) is 9.69. The summed E-state index contributed by atoms with van der Waals surface area (Å²) in [5, 5.41) is 4.49. The number of fused-ring (bicyclic) bond motifs is 3. The summed E-state index contributed by atoms with van der Waals surface area (Å²) < 4.78 is 74.5. The Balaban J connectivity index is 1.90. The van der Waals surface area contributed by atoms with Crippen molar-refractivity contribution in [3.05, 3.63) is 58.9 Å². The molecule has 0 fully saturated rings. The summed E-state index contributed by atoms with van der Waals surface area (Å²) in [5.41, 5.74) is 1.07. The quantitative estimate of drug-likeness (QED) is 0.415. The SMILES string of the molecule is [2H]C([2H])([2H])Oc1cncc(F)c1-n1c(=O)n(C)c2cnc3cc(OC)c(-c4cn(C([2H])([2H])[2H])nc4C)cc3c21. The average molecular weight is 454 g/mol. The third-order valence-corrected chi connectivity index (χ3v) is 5.57. The van der Waals surface area contributed by atoms with Crippen molar-refractivity contribution in [3.63, 3.8) is 0 Å². The topological polar surface area (TPSA) is 89.0 Å². The third-order valence-electron chi connectivity index (χ3n) is 5.57. The summed E-state index contributed by atoms with van der Waals surface area (Å²) >= 11 is 0. The molecule has 0 aliphatic heterocycles. The Hall–Kier alpha value is -4.21. The molecule has 1 aromatic carbocycles. The number of ether oxygens (including phenoxy) is 2. The van der Waals surface area contributed by atoms with E-state index in [4.69, 9.17) is 17.7 Å². The lowest BCUT2D eigenvalue weighted by Crippen LogP contribution is -2.22. The average Bonchev–Trinajstić information content (AvgIpc) is 3.35. The Bertz CT molecular complexity index is 1820. The van der Waals surface area contributed by atoms with Gasteiger partial charge in [0.05, 0.1) is 59.1 Å². The van der Waals surface area contributed by atoms with Crippen LogP contribution in [0, 0.1) is 12.7 Å². The number of halogens is 1. The number of hydrogen-bond donors (Lipinski definition) is 0. The van der Waals surface area contributed by atoms with Crippen molar-refractivity contribution in [2.45, 2.75) is 6.92 Å². The molecule has 0 radical (unpaired) electrons. The molecular formula is C23H21FN6O3. The first-order valence-electron chi connectivity index (χ1n) is 12.7. The Morgan fingerprint density at radius 3 is 2.70 bits per heavy atom. The molecular weight excluding hydrogens is 427 g/mol. The summed E-state index contributed by atoms with van der Waals surface area (Å²) in [7, 11) is -0.0357. The Morgan fingerprint density at radius 1 is 1.12 bits per heavy atom. The molecule has 0 spiro atoms. The molecule has 10 heteroatoms. The van der Waals surface area contributed by atoms with Gasteiger partial charge in [0.25, 0.3) is 0 Å². The van der Waals surface area contributed by atoms with Crippen LogP contribution < -0.4 is 15.2 Å². The Morgan fingerprint density at radius 2 is 1.97 bits per heavy atom. The van der Waals surface area contributed by atoms with Crippen LogP contribution in [0.1, 0.15) is 13.9 Å². The number of nitrogens with zero attached hydrogens (tertiary/aromatic N) is 6. The maximum Gasteiger partial charge on any atom is 0.333 e. The van der Waals surface area contributed by atoms with Crippen molar-refractivity contribution in [3.8, 4) is 28.3 Å². The minimum Gasteiger partial charge on any atom is -0.496 e. The lowest BCUT2D eigenvalue weighted by Gasteiger charge is -2.13. The van der Waals surface area contributed by atoms with Crippen LogP contribution in [0.5, 0.6) is 11.5 Å². The number of benzene rings is 1. The highest BCUT2D eigenvalue weighted by Crippen LogP contribution is 2.38. The minimum atomic E-state index is -2.94. The fourth-order valence-electron chi connectivity index (χ4n) is 4.04. The molecule has 0 bridgehead atoms. The van der Waals surface area contributed by atoms with E-state index >= 15 is 4.39 Å². The van der Waals surface area contributed by atoms with E-state index in [1.165, 1.54) is 31.1 Å². The van der Waals surface area contributed by atoms with Gasteiger partial charge >= 0.3 is 5.69 Å². The largest absolute Gasteiger partial charge is 0.496 e. The van der Waals surface area contributed by atoms with Crippen LogP contribution in [-0.2, 0) is 14.0 Å². The van der Waals surface area contributed by atoms with Gasteiger partial charge in [0.15, 0.2) is 11.6 Å². The maximum atomic E-state index is 15.3. The first-order chi connectivity index (χ1) is 18.2. The van der Waals surface area contributed by atoms with Crippen LogP contribution in [0.2, 0.25) is 0 Å². The van der Waals surface area contributed by atoms with E-state index in [0.717, 1.165) is 21.6 Å². The van der Waals surface area contributed by atoms with E-state index in [1.54, 1.807) is 19.1 Å². The van der Waals surface area contributed by atoms with Gasteiger partial charge in [0, 0.05) is 46.9 Å². The van der Waals surface area contributed by atoms with Crippen molar-refractivity contribution in [2.75, 3.05) is 14.1 Å². The predicted molar refractivity (Wildman–Crippen MR) is 122 cm³/mol. The zero-order chi connectivity index (χ0) is 28.4. The summed E-state index contributed by atoms with van der Waals surface area (Å²) in [6.07, 6.45) is 4.65. The highest BCUT2D eigenvalue weighted by molar-refractivity contribution is 6.06. The van der Waals surface area contributed by atoms with Gasteiger partial charge in [0.2, 0.25) is 0 Å². The second kappa shape index (κ2) is 7.44. The molecule has 0 saturated heterocycles. The van der Waals surface area contributed by atoms with Gasteiger partial charge in [-0.05, 0) is 13.0 Å². The summed E-state index contributed by atoms with van der Waals surface area (Å²) in [5.74, 6) is -1.09. The van der Waals surface area contributed by atoms with Crippen molar-refractivity contribution in [2.24, 2.45) is 14.0 Å². The van der Waals surface area contributed by atoms with Crippen LogP contribution in [0.15, 0.2) is 41.7 Å². The van der Waals surface area contributed by atoms with E-state index in [1.807, 2.05) is 0 Å². The van der Waals surface area contributed by atoms with Gasteiger partial charge in [-0.3, -0.25) is 23.8 Å². The van der Waals surface area contributed by atoms with Crippen LogP contribution in [0.4, 0.5) is 4.39 Å². The number of aryl methyl sites for hydroxylation is 3. The minimum absolute atomic E-state index is 0.206. The zero-order valence-electron chi connectivity index (χ0n) is 23.8. The molecule has 9 nitrogen and oxygen atoms in total. The zero-order valence-corrected chi connectivity index (χ0v) is 17.8. The van der Waals surface area contributed by atoms with E-state index < -0.39 is 37.0 Å². The van der Waals surface area contributed by atoms with Crippen LogP contribution in [0.3, 0.4) is 0 Å². The Labute approximate surface area is 196 Å². The lowest BCUT2D eigenvalue weighted by atomic mass is 10.0. The van der Waals surface area contributed by atoms with Crippen LogP contribution >= 0.6 is 0 Å². The van der Waals surface area contributed by atoms with Crippen molar-refractivity contribution in [1.82, 2.24) is 28.9 Å². The van der Waals surface area contributed by atoms with E-state index in [9.17, 15) is 4.79 Å². The molecule has 5 aromatic rings. The fourth-order valence-corrected chi connectivity index (χ4v) is 4.04. The van der Waals surface area contributed by atoms with E-state index in [0.29, 0.717) is 39.0 Å². The molecule has 4 heterocycles. The second-order valence-electron chi connectivity index (χ2n) is 7.38. The number of hydrogen-bond acceptors (Lipinski definition) is 6. The summed E-state index contributed by atoms with van der Waals surface area (Å²) in [4.78, 5) is 21.6. The van der Waals surface area contributed by atoms with Gasteiger partial charge in [0.1, 0.15) is 11.4 Å². The summed E-state index contributed by atoms with van der Waals surface area (Å²) in [6.45, 7) is -0.872. The molecule has 0 amide bonds. The van der Waals surface area contributed by atoms with E-state index in [2.05, 4.69) is 15.1 Å². The Kier molecular flexibility index (Phi) is 3.33. The summed E-state index contributed by atoms with van der Waals surface area (Å²) in [6, 6.07) is 3.23. The van der Waals surface area contributed by atoms with Crippen molar-refractivity contribution in [1.29, 1.82) is 0 Å². The molecule has 5 rings (SSSR count).